The molecule has 3 rings (SSSR count). The molecule has 3 N–H and O–H groups in total. The SMILES string of the molecule is CNCCC1=c2cc(N)ccc2=C2C=CC=CC2O1. The molecule has 3 heteroatoms. The van der Waals surface area contributed by atoms with Crippen LogP contribution in [0.1, 0.15) is 6.42 Å². The Morgan fingerprint density at radius 2 is 2.16 bits per heavy atom. The van der Waals surface area contributed by atoms with Crippen LogP contribution < -0.4 is 21.5 Å². The second kappa shape index (κ2) is 4.94. The van der Waals surface area contributed by atoms with Crippen molar-refractivity contribution >= 4 is 17.0 Å². The average molecular weight is 254 g/mol. The minimum absolute atomic E-state index is 0.0352. The van der Waals surface area contributed by atoms with Gasteiger partial charge in [-0.2, -0.15) is 0 Å². The zero-order chi connectivity index (χ0) is 13.2. The highest BCUT2D eigenvalue weighted by Gasteiger charge is 2.20. The molecule has 1 aromatic rings. The summed E-state index contributed by atoms with van der Waals surface area (Å²) in [7, 11) is 1.95. The Morgan fingerprint density at radius 3 is 3.00 bits per heavy atom. The summed E-state index contributed by atoms with van der Waals surface area (Å²) >= 11 is 0. The summed E-state index contributed by atoms with van der Waals surface area (Å²) in [5.41, 5.74) is 7.91. The first-order valence-corrected chi connectivity index (χ1v) is 6.58. The largest absolute Gasteiger partial charge is 0.485 e. The van der Waals surface area contributed by atoms with Crippen LogP contribution in [0.25, 0.3) is 11.3 Å². The molecule has 1 heterocycles. The summed E-state index contributed by atoms with van der Waals surface area (Å²) in [6, 6.07) is 6.06. The molecule has 0 bridgehead atoms. The molecule has 0 saturated carbocycles. The van der Waals surface area contributed by atoms with E-state index < -0.39 is 0 Å². The molecule has 1 aliphatic heterocycles. The molecule has 0 spiro atoms. The van der Waals surface area contributed by atoms with Crippen LogP contribution in [0.15, 0.2) is 42.5 Å². The van der Waals surface area contributed by atoms with Crippen LogP contribution in [0, 0.1) is 0 Å². The van der Waals surface area contributed by atoms with Gasteiger partial charge in [-0.15, -0.1) is 0 Å². The molecule has 0 saturated heterocycles. The van der Waals surface area contributed by atoms with E-state index >= 15 is 0 Å². The summed E-state index contributed by atoms with van der Waals surface area (Å²) in [5, 5.41) is 5.52. The van der Waals surface area contributed by atoms with Gasteiger partial charge in [-0.1, -0.05) is 24.3 Å². The zero-order valence-corrected chi connectivity index (χ0v) is 11.0. The number of allylic oxidation sites excluding steroid dienone is 2. The highest BCUT2D eigenvalue weighted by Crippen LogP contribution is 2.21. The van der Waals surface area contributed by atoms with Crippen molar-refractivity contribution in [1.82, 2.24) is 5.32 Å². The molecular formula is C16H18N2O. The Balaban J connectivity index is 2.24. The molecule has 98 valence electrons. The first-order chi connectivity index (χ1) is 9.29. The summed E-state index contributed by atoms with van der Waals surface area (Å²) < 4.78 is 6.12. The zero-order valence-electron chi connectivity index (χ0n) is 11.0. The number of nitrogens with one attached hydrogen (secondary N) is 1. The van der Waals surface area contributed by atoms with Crippen molar-refractivity contribution in [2.45, 2.75) is 12.5 Å². The van der Waals surface area contributed by atoms with Crippen LogP contribution in [0.5, 0.6) is 0 Å². The lowest BCUT2D eigenvalue weighted by atomic mass is 9.97. The minimum atomic E-state index is 0.0352. The van der Waals surface area contributed by atoms with Gasteiger partial charge in [-0.3, -0.25) is 0 Å². The van der Waals surface area contributed by atoms with Gasteiger partial charge in [0.15, 0.2) is 0 Å². The van der Waals surface area contributed by atoms with Gasteiger partial charge in [0, 0.05) is 29.4 Å². The van der Waals surface area contributed by atoms with Gasteiger partial charge in [0.25, 0.3) is 0 Å². The second-order valence-corrected chi connectivity index (χ2v) is 4.82. The number of ether oxygens (including phenoxy) is 1. The minimum Gasteiger partial charge on any atom is -0.485 e. The Hall–Kier alpha value is -2.00. The number of rotatable bonds is 3. The van der Waals surface area contributed by atoms with Crippen molar-refractivity contribution in [2.75, 3.05) is 19.3 Å². The Morgan fingerprint density at radius 1 is 1.26 bits per heavy atom. The molecule has 1 unspecified atom stereocenters. The van der Waals surface area contributed by atoms with Crippen molar-refractivity contribution in [3.8, 4) is 0 Å². The molecule has 0 fully saturated rings. The van der Waals surface area contributed by atoms with E-state index in [-0.39, 0.29) is 6.10 Å². The van der Waals surface area contributed by atoms with Crippen LogP contribution in [-0.4, -0.2) is 19.7 Å². The summed E-state index contributed by atoms with van der Waals surface area (Å²) in [4.78, 5) is 0. The number of anilines is 1. The quantitative estimate of drug-likeness (QED) is 0.779. The molecule has 2 aliphatic rings. The third-order valence-corrected chi connectivity index (χ3v) is 3.51. The highest BCUT2D eigenvalue weighted by atomic mass is 16.5. The molecule has 3 nitrogen and oxygen atoms in total. The van der Waals surface area contributed by atoms with E-state index in [0.29, 0.717) is 0 Å². The van der Waals surface area contributed by atoms with E-state index in [1.165, 1.54) is 10.8 Å². The topological polar surface area (TPSA) is 47.3 Å². The van der Waals surface area contributed by atoms with E-state index in [0.717, 1.165) is 29.6 Å². The predicted octanol–water partition coefficient (Wildman–Crippen LogP) is 0.662. The Bertz CT molecular complexity index is 670. The van der Waals surface area contributed by atoms with E-state index in [4.69, 9.17) is 10.5 Å². The molecule has 0 radical (unpaired) electrons. The number of hydrogen-bond acceptors (Lipinski definition) is 3. The van der Waals surface area contributed by atoms with Gasteiger partial charge in [0.2, 0.25) is 0 Å². The van der Waals surface area contributed by atoms with Crippen molar-refractivity contribution in [2.24, 2.45) is 0 Å². The summed E-state index contributed by atoms with van der Waals surface area (Å²) in [6.07, 6.45) is 9.20. The Kier molecular flexibility index (Phi) is 3.13. The number of benzene rings is 1. The monoisotopic (exact) mass is 254 g/mol. The van der Waals surface area contributed by atoms with Gasteiger partial charge in [0.05, 0.1) is 0 Å². The highest BCUT2D eigenvalue weighted by molar-refractivity contribution is 5.69. The maximum Gasteiger partial charge on any atom is 0.142 e. The maximum atomic E-state index is 6.12. The van der Waals surface area contributed by atoms with E-state index in [9.17, 15) is 0 Å². The smallest absolute Gasteiger partial charge is 0.142 e. The third kappa shape index (κ3) is 2.17. The summed E-state index contributed by atoms with van der Waals surface area (Å²) in [6.45, 7) is 0.894. The summed E-state index contributed by atoms with van der Waals surface area (Å²) in [5.74, 6) is 1.02. The van der Waals surface area contributed by atoms with Crippen molar-refractivity contribution < 1.29 is 4.74 Å². The van der Waals surface area contributed by atoms with Crippen LogP contribution in [0.2, 0.25) is 0 Å². The lowest BCUT2D eigenvalue weighted by Gasteiger charge is -2.25. The first-order valence-electron chi connectivity index (χ1n) is 6.58. The number of nitrogen functional groups attached to an aromatic ring is 1. The molecule has 19 heavy (non-hydrogen) atoms. The fraction of sp³-hybridized carbons (Fsp3) is 0.250. The molecular weight excluding hydrogens is 236 g/mol. The van der Waals surface area contributed by atoms with Crippen molar-refractivity contribution in [3.63, 3.8) is 0 Å². The molecule has 0 aromatic heterocycles. The number of hydrogen-bond donors (Lipinski definition) is 2. The Labute approximate surface area is 112 Å². The van der Waals surface area contributed by atoms with Gasteiger partial charge in [-0.25, -0.2) is 0 Å². The maximum absolute atomic E-state index is 6.12. The number of fused-ring (bicyclic) bond motifs is 2. The van der Waals surface area contributed by atoms with E-state index in [2.05, 4.69) is 23.5 Å². The standard InChI is InChI=1S/C16H18N2O/c1-18-9-8-16-14-10-11(17)6-7-12(14)13-4-2-3-5-15(13)19-16/h2-7,10,15,18H,8-9,17H2,1H3. The van der Waals surface area contributed by atoms with Crippen LogP contribution >= 0.6 is 0 Å². The van der Waals surface area contributed by atoms with Gasteiger partial charge < -0.3 is 15.8 Å². The normalized spacial score (nSPS) is 19.9. The lowest BCUT2D eigenvalue weighted by Crippen LogP contribution is -2.39. The van der Waals surface area contributed by atoms with Gasteiger partial charge in [0.1, 0.15) is 11.9 Å². The van der Waals surface area contributed by atoms with Crippen LogP contribution in [0.3, 0.4) is 0 Å². The fourth-order valence-electron chi connectivity index (χ4n) is 2.56. The number of nitrogens with two attached hydrogens (primary N) is 1. The van der Waals surface area contributed by atoms with Crippen molar-refractivity contribution in [1.29, 1.82) is 0 Å². The van der Waals surface area contributed by atoms with Gasteiger partial charge >= 0.3 is 0 Å². The van der Waals surface area contributed by atoms with E-state index in [1.54, 1.807) is 0 Å². The average Bonchev–Trinajstić information content (AvgIpc) is 2.44. The van der Waals surface area contributed by atoms with Crippen LogP contribution in [0.4, 0.5) is 5.69 Å². The lowest BCUT2D eigenvalue weighted by molar-refractivity contribution is 0.243. The third-order valence-electron chi connectivity index (χ3n) is 3.51. The molecule has 0 amide bonds. The molecule has 1 aromatic carbocycles. The van der Waals surface area contributed by atoms with Crippen molar-refractivity contribution in [3.05, 3.63) is 52.9 Å². The van der Waals surface area contributed by atoms with Gasteiger partial charge in [-0.05, 0) is 30.5 Å². The predicted molar refractivity (Wildman–Crippen MR) is 78.6 cm³/mol. The molecule has 1 atom stereocenters. The molecule has 1 aliphatic carbocycles. The van der Waals surface area contributed by atoms with E-state index in [1.807, 2.05) is 31.3 Å². The first kappa shape index (κ1) is 12.1. The van der Waals surface area contributed by atoms with Crippen LogP contribution in [-0.2, 0) is 4.74 Å². The fourth-order valence-corrected chi connectivity index (χ4v) is 2.56. The second-order valence-electron chi connectivity index (χ2n) is 4.82.